The quantitative estimate of drug-likeness (QED) is 0.847. The van der Waals surface area contributed by atoms with Gasteiger partial charge in [-0.15, -0.1) is 0 Å². The second-order valence-electron chi connectivity index (χ2n) is 4.87. The van der Waals surface area contributed by atoms with E-state index in [1.807, 2.05) is 0 Å². The van der Waals surface area contributed by atoms with Crippen LogP contribution in [0.1, 0.15) is 24.8 Å². The molecule has 21 heavy (non-hydrogen) atoms. The Bertz CT molecular complexity index is 666. The number of ether oxygens (including phenoxy) is 1. The normalized spacial score (nSPS) is 15.9. The van der Waals surface area contributed by atoms with Crippen molar-refractivity contribution in [2.75, 3.05) is 18.2 Å². The number of amides is 1. The Morgan fingerprint density at radius 2 is 2.05 bits per heavy atom. The molecule has 0 unspecified atom stereocenters. The van der Waals surface area contributed by atoms with Crippen molar-refractivity contribution in [2.45, 2.75) is 30.6 Å². The van der Waals surface area contributed by atoms with Crippen molar-refractivity contribution >= 4 is 27.4 Å². The minimum Gasteiger partial charge on any atom is -0.469 e. The number of aryl methyl sites for hydroxylation is 1. The first-order valence-electron chi connectivity index (χ1n) is 6.65. The van der Waals surface area contributed by atoms with Crippen LogP contribution in [0, 0.1) is 0 Å². The van der Waals surface area contributed by atoms with Crippen LogP contribution in [0.15, 0.2) is 23.1 Å². The van der Waals surface area contributed by atoms with Crippen molar-refractivity contribution in [3.05, 3.63) is 23.8 Å². The van der Waals surface area contributed by atoms with Crippen LogP contribution in [0.2, 0.25) is 0 Å². The fraction of sp³-hybridized carbons (Fsp3) is 0.429. The molecule has 2 rings (SSSR count). The summed E-state index contributed by atoms with van der Waals surface area (Å²) in [6.45, 7) is 0. The molecule has 7 heteroatoms. The molecule has 1 aliphatic heterocycles. The van der Waals surface area contributed by atoms with Crippen LogP contribution >= 0.6 is 0 Å². The lowest BCUT2D eigenvalue weighted by Crippen LogP contribution is -2.17. The maximum atomic E-state index is 11.9. The average molecular weight is 311 g/mol. The molecule has 0 fully saturated rings. The highest BCUT2D eigenvalue weighted by Crippen LogP contribution is 2.27. The summed E-state index contributed by atoms with van der Waals surface area (Å²) in [4.78, 5) is 23.0. The molecule has 0 radical (unpaired) electrons. The van der Waals surface area contributed by atoms with Crippen molar-refractivity contribution in [3.63, 3.8) is 0 Å². The van der Waals surface area contributed by atoms with Crippen molar-refractivity contribution in [3.8, 4) is 0 Å². The van der Waals surface area contributed by atoms with Gasteiger partial charge in [-0.05, 0) is 36.6 Å². The molecule has 1 heterocycles. The number of esters is 1. The van der Waals surface area contributed by atoms with Crippen LogP contribution in [0.4, 0.5) is 5.69 Å². The molecule has 1 aliphatic rings. The summed E-state index contributed by atoms with van der Waals surface area (Å²) in [6.07, 6.45) is 1.32. The van der Waals surface area contributed by atoms with Crippen LogP contribution in [0.5, 0.6) is 0 Å². The lowest BCUT2D eigenvalue weighted by atomic mass is 10.1. The van der Waals surface area contributed by atoms with E-state index in [9.17, 15) is 18.0 Å². The molecule has 0 bridgehead atoms. The van der Waals surface area contributed by atoms with E-state index in [4.69, 9.17) is 0 Å². The third kappa shape index (κ3) is 3.81. The highest BCUT2D eigenvalue weighted by molar-refractivity contribution is 7.91. The minimum absolute atomic E-state index is 0.0155. The molecule has 114 valence electrons. The summed E-state index contributed by atoms with van der Waals surface area (Å²) in [6, 6.07) is 4.78. The third-order valence-corrected chi connectivity index (χ3v) is 5.22. The summed E-state index contributed by atoms with van der Waals surface area (Å²) >= 11 is 0. The van der Waals surface area contributed by atoms with Crippen LogP contribution in [0.3, 0.4) is 0 Å². The average Bonchev–Trinajstić information content (AvgIpc) is 2.44. The second kappa shape index (κ2) is 6.26. The molecule has 0 aromatic heterocycles. The standard InChI is InChI=1S/C14H17NO5S/c1-20-14(17)7-6-13(16)15-11-4-5-12-10(9-11)3-2-8-21(12,18)19/h4-5,9H,2-3,6-8H2,1H3,(H,15,16). The van der Waals surface area contributed by atoms with Gasteiger partial charge in [-0.3, -0.25) is 9.59 Å². The number of anilines is 1. The van der Waals surface area contributed by atoms with Gasteiger partial charge in [-0.25, -0.2) is 8.42 Å². The zero-order valence-electron chi connectivity index (χ0n) is 11.7. The van der Waals surface area contributed by atoms with E-state index >= 15 is 0 Å². The van der Waals surface area contributed by atoms with Gasteiger partial charge >= 0.3 is 5.97 Å². The monoisotopic (exact) mass is 311 g/mol. The molecule has 1 amide bonds. The van der Waals surface area contributed by atoms with Gasteiger partial charge in [0.1, 0.15) is 0 Å². The Morgan fingerprint density at radius 1 is 1.29 bits per heavy atom. The fourth-order valence-corrected chi connectivity index (χ4v) is 3.84. The molecule has 0 atom stereocenters. The molecule has 0 saturated heterocycles. The Morgan fingerprint density at radius 3 is 2.76 bits per heavy atom. The number of fused-ring (bicyclic) bond motifs is 1. The highest BCUT2D eigenvalue weighted by Gasteiger charge is 2.23. The van der Waals surface area contributed by atoms with Crippen molar-refractivity contribution in [2.24, 2.45) is 0 Å². The van der Waals surface area contributed by atoms with Crippen LogP contribution in [0.25, 0.3) is 0 Å². The van der Waals surface area contributed by atoms with Gasteiger partial charge in [0.15, 0.2) is 9.84 Å². The third-order valence-electron chi connectivity index (χ3n) is 3.32. The van der Waals surface area contributed by atoms with Crippen LogP contribution < -0.4 is 5.32 Å². The van der Waals surface area contributed by atoms with E-state index < -0.39 is 15.8 Å². The van der Waals surface area contributed by atoms with Gasteiger partial charge in [0, 0.05) is 12.1 Å². The fourth-order valence-electron chi connectivity index (χ4n) is 2.26. The SMILES string of the molecule is COC(=O)CCC(=O)Nc1ccc2c(c1)CCCS2(=O)=O. The van der Waals surface area contributed by atoms with E-state index in [1.165, 1.54) is 13.2 Å². The van der Waals surface area contributed by atoms with Crippen molar-refractivity contribution < 1.29 is 22.7 Å². The number of methoxy groups -OCH3 is 1. The molecule has 1 aromatic rings. The first-order valence-corrected chi connectivity index (χ1v) is 8.30. The van der Waals surface area contributed by atoms with E-state index in [0.29, 0.717) is 23.4 Å². The number of carbonyl (C=O) groups excluding carboxylic acids is 2. The second-order valence-corrected chi connectivity index (χ2v) is 6.95. The first-order chi connectivity index (χ1) is 9.92. The zero-order chi connectivity index (χ0) is 15.5. The van der Waals surface area contributed by atoms with E-state index in [-0.39, 0.29) is 24.5 Å². The van der Waals surface area contributed by atoms with Gasteiger partial charge in [-0.2, -0.15) is 0 Å². The predicted octanol–water partition coefficient (Wildman–Crippen LogP) is 1.30. The number of rotatable bonds is 4. The predicted molar refractivity (Wildman–Crippen MR) is 76.7 cm³/mol. The van der Waals surface area contributed by atoms with Crippen LogP contribution in [-0.2, 0) is 30.6 Å². The van der Waals surface area contributed by atoms with Crippen LogP contribution in [-0.4, -0.2) is 33.2 Å². The Kier molecular flexibility index (Phi) is 4.62. The lowest BCUT2D eigenvalue weighted by Gasteiger charge is -2.17. The van der Waals surface area contributed by atoms with E-state index in [0.717, 1.165) is 5.56 Å². The number of sulfone groups is 1. The Hall–Kier alpha value is -1.89. The highest BCUT2D eigenvalue weighted by atomic mass is 32.2. The number of nitrogens with one attached hydrogen (secondary N) is 1. The number of hydrogen-bond acceptors (Lipinski definition) is 5. The van der Waals surface area contributed by atoms with Gasteiger partial charge in [-0.1, -0.05) is 0 Å². The van der Waals surface area contributed by atoms with Gasteiger partial charge < -0.3 is 10.1 Å². The first kappa shape index (κ1) is 15.5. The molecule has 0 saturated carbocycles. The molecule has 0 spiro atoms. The summed E-state index contributed by atoms with van der Waals surface area (Å²) in [5, 5.41) is 2.66. The summed E-state index contributed by atoms with van der Waals surface area (Å²) in [5.41, 5.74) is 1.27. The zero-order valence-corrected chi connectivity index (χ0v) is 12.5. The molecular weight excluding hydrogens is 294 g/mol. The van der Waals surface area contributed by atoms with Gasteiger partial charge in [0.25, 0.3) is 0 Å². The number of benzene rings is 1. The Balaban J connectivity index is 2.06. The maximum Gasteiger partial charge on any atom is 0.306 e. The van der Waals surface area contributed by atoms with Crippen molar-refractivity contribution in [1.29, 1.82) is 0 Å². The molecule has 6 nitrogen and oxygen atoms in total. The molecule has 1 N–H and O–H groups in total. The summed E-state index contributed by atoms with van der Waals surface area (Å²) in [5.74, 6) is -0.578. The minimum atomic E-state index is -3.19. The summed E-state index contributed by atoms with van der Waals surface area (Å²) < 4.78 is 28.2. The number of hydrogen-bond donors (Lipinski definition) is 1. The van der Waals surface area contributed by atoms with Gasteiger partial charge in [0.05, 0.1) is 24.2 Å². The largest absolute Gasteiger partial charge is 0.469 e. The topological polar surface area (TPSA) is 89.5 Å². The van der Waals surface area contributed by atoms with E-state index in [2.05, 4.69) is 10.1 Å². The lowest BCUT2D eigenvalue weighted by molar-refractivity contribution is -0.141. The maximum absolute atomic E-state index is 11.9. The molecular formula is C14H17NO5S. The molecule has 0 aliphatic carbocycles. The smallest absolute Gasteiger partial charge is 0.306 e. The number of carbonyl (C=O) groups is 2. The van der Waals surface area contributed by atoms with E-state index in [1.54, 1.807) is 12.1 Å². The van der Waals surface area contributed by atoms with Gasteiger partial charge in [0.2, 0.25) is 5.91 Å². The molecule has 1 aromatic carbocycles. The summed E-state index contributed by atoms with van der Waals surface area (Å²) in [7, 11) is -1.92. The Labute approximate surface area is 123 Å². The van der Waals surface area contributed by atoms with Crippen molar-refractivity contribution in [1.82, 2.24) is 0 Å².